The van der Waals surface area contributed by atoms with Gasteiger partial charge in [-0.25, -0.2) is 8.42 Å². The highest BCUT2D eigenvalue weighted by molar-refractivity contribution is 7.89. The summed E-state index contributed by atoms with van der Waals surface area (Å²) in [7, 11) is -3.61. The van der Waals surface area contributed by atoms with Crippen molar-refractivity contribution in [2.75, 3.05) is 26.3 Å². The topological polar surface area (TPSA) is 84.9 Å². The van der Waals surface area contributed by atoms with Gasteiger partial charge in [0.1, 0.15) is 13.2 Å². The van der Waals surface area contributed by atoms with Crippen molar-refractivity contribution in [1.82, 2.24) is 9.62 Å². The molecular weight excluding hydrogens is 416 g/mol. The lowest BCUT2D eigenvalue weighted by Crippen LogP contribution is -2.32. The van der Waals surface area contributed by atoms with E-state index < -0.39 is 10.0 Å². The van der Waals surface area contributed by atoms with E-state index in [9.17, 15) is 13.2 Å². The fraction of sp³-hybridized carbons (Fsp3) is 0.435. The van der Waals surface area contributed by atoms with Gasteiger partial charge in [-0.05, 0) is 55.7 Å². The molecule has 1 atom stereocenters. The van der Waals surface area contributed by atoms with E-state index in [4.69, 9.17) is 9.47 Å². The van der Waals surface area contributed by atoms with Gasteiger partial charge >= 0.3 is 0 Å². The molecule has 7 nitrogen and oxygen atoms in total. The van der Waals surface area contributed by atoms with Crippen molar-refractivity contribution >= 4 is 15.9 Å². The second kappa shape index (κ2) is 9.28. The Balaban J connectivity index is 1.49. The summed E-state index contributed by atoms with van der Waals surface area (Å²) in [6.07, 6.45) is 3.83. The first-order chi connectivity index (χ1) is 14.9. The molecule has 0 bridgehead atoms. The zero-order valence-electron chi connectivity index (χ0n) is 17.7. The van der Waals surface area contributed by atoms with E-state index in [1.54, 1.807) is 18.2 Å². The summed E-state index contributed by atoms with van der Waals surface area (Å²) in [5, 5.41) is 2.94. The highest BCUT2D eigenvalue weighted by Crippen LogP contribution is 2.32. The van der Waals surface area contributed by atoms with Crippen LogP contribution < -0.4 is 14.8 Å². The molecule has 2 aliphatic rings. The van der Waals surface area contributed by atoms with Gasteiger partial charge in [-0.2, -0.15) is 4.31 Å². The van der Waals surface area contributed by atoms with Gasteiger partial charge in [-0.15, -0.1) is 0 Å². The molecule has 0 spiro atoms. The van der Waals surface area contributed by atoms with Crippen molar-refractivity contribution in [3.05, 3.63) is 53.6 Å². The fourth-order valence-corrected chi connectivity index (χ4v) is 5.48. The minimum atomic E-state index is -3.61. The normalized spacial score (nSPS) is 18.1. The number of carbonyl (C=O) groups is 1. The van der Waals surface area contributed by atoms with Gasteiger partial charge in [0.15, 0.2) is 11.5 Å². The van der Waals surface area contributed by atoms with Crippen LogP contribution in [0.3, 0.4) is 0 Å². The summed E-state index contributed by atoms with van der Waals surface area (Å²) in [5.41, 5.74) is 1.20. The van der Waals surface area contributed by atoms with Crippen molar-refractivity contribution in [2.24, 2.45) is 0 Å². The molecule has 8 heteroatoms. The maximum Gasteiger partial charge on any atom is 0.251 e. The molecule has 1 N–H and O–H groups in total. The van der Waals surface area contributed by atoms with Crippen LogP contribution in [-0.4, -0.2) is 44.9 Å². The van der Waals surface area contributed by atoms with Gasteiger partial charge in [-0.3, -0.25) is 4.79 Å². The van der Waals surface area contributed by atoms with E-state index in [0.717, 1.165) is 31.2 Å². The number of amides is 1. The number of carbonyl (C=O) groups excluding carboxylic acids is 1. The van der Waals surface area contributed by atoms with Gasteiger partial charge in [-0.1, -0.05) is 25.0 Å². The maximum atomic E-state index is 13.1. The van der Waals surface area contributed by atoms with Gasteiger partial charge in [0.2, 0.25) is 10.0 Å². The third-order valence-corrected chi connectivity index (χ3v) is 7.61. The monoisotopic (exact) mass is 444 g/mol. The Labute approximate surface area is 183 Å². The minimum absolute atomic E-state index is 0.161. The second-order valence-corrected chi connectivity index (χ2v) is 9.88. The van der Waals surface area contributed by atoms with Crippen molar-refractivity contribution in [2.45, 2.75) is 43.5 Å². The third-order valence-electron chi connectivity index (χ3n) is 5.71. The molecule has 2 heterocycles. The molecule has 31 heavy (non-hydrogen) atoms. The van der Waals surface area contributed by atoms with Crippen LogP contribution in [0, 0.1) is 0 Å². The standard InChI is InChI=1S/C23H28N2O5S/c1-17(18-9-10-21-22(16-18)30-14-13-29-21)24-23(26)19-7-6-8-20(15-19)31(27,28)25-11-4-2-3-5-12-25/h6-10,15-17H,2-5,11-14H2,1H3,(H,24,26)/t17-/m1/s1. The molecular formula is C23H28N2O5S. The molecule has 1 saturated heterocycles. The minimum Gasteiger partial charge on any atom is -0.486 e. The number of fused-ring (bicyclic) bond motifs is 1. The number of hydrogen-bond donors (Lipinski definition) is 1. The van der Waals surface area contributed by atoms with Crippen LogP contribution in [0.15, 0.2) is 47.4 Å². The molecule has 1 amide bonds. The number of sulfonamides is 1. The zero-order chi connectivity index (χ0) is 21.8. The summed E-state index contributed by atoms with van der Waals surface area (Å²) >= 11 is 0. The van der Waals surface area contributed by atoms with Crippen LogP contribution >= 0.6 is 0 Å². The number of nitrogens with zero attached hydrogens (tertiary/aromatic N) is 1. The van der Waals surface area contributed by atoms with Crippen molar-refractivity contribution in [3.8, 4) is 11.5 Å². The van der Waals surface area contributed by atoms with Gasteiger partial charge in [0, 0.05) is 18.7 Å². The van der Waals surface area contributed by atoms with Crippen LogP contribution in [0.25, 0.3) is 0 Å². The first-order valence-electron chi connectivity index (χ1n) is 10.8. The molecule has 166 valence electrons. The van der Waals surface area contributed by atoms with Gasteiger partial charge in [0.05, 0.1) is 10.9 Å². The SMILES string of the molecule is C[C@@H](NC(=O)c1cccc(S(=O)(=O)N2CCCCCC2)c1)c1ccc2c(c1)OCCO2. The smallest absolute Gasteiger partial charge is 0.251 e. The Morgan fingerprint density at radius 2 is 1.68 bits per heavy atom. The Bertz CT molecular complexity index is 1050. The number of ether oxygens (including phenoxy) is 2. The molecule has 0 unspecified atom stereocenters. The predicted octanol–water partition coefficient (Wildman–Crippen LogP) is 3.51. The van der Waals surface area contributed by atoms with Crippen LogP contribution in [0.2, 0.25) is 0 Å². The van der Waals surface area contributed by atoms with Crippen molar-refractivity contribution < 1.29 is 22.7 Å². The highest BCUT2D eigenvalue weighted by atomic mass is 32.2. The first-order valence-corrected chi connectivity index (χ1v) is 12.2. The molecule has 2 aromatic rings. The van der Waals surface area contributed by atoms with E-state index in [1.165, 1.54) is 10.4 Å². The van der Waals surface area contributed by atoms with Crippen LogP contribution in [0.5, 0.6) is 11.5 Å². The van der Waals surface area contributed by atoms with E-state index in [0.29, 0.717) is 43.4 Å². The van der Waals surface area contributed by atoms with E-state index in [-0.39, 0.29) is 16.8 Å². The fourth-order valence-electron chi connectivity index (χ4n) is 3.92. The lowest BCUT2D eigenvalue weighted by Gasteiger charge is -2.21. The number of rotatable bonds is 5. The van der Waals surface area contributed by atoms with Gasteiger partial charge in [0.25, 0.3) is 5.91 Å². The summed E-state index contributed by atoms with van der Waals surface area (Å²) in [6.45, 7) is 3.95. The van der Waals surface area contributed by atoms with Crippen molar-refractivity contribution in [1.29, 1.82) is 0 Å². The largest absolute Gasteiger partial charge is 0.486 e. The number of hydrogen-bond acceptors (Lipinski definition) is 5. The lowest BCUT2D eigenvalue weighted by molar-refractivity contribution is 0.0939. The molecule has 0 aliphatic carbocycles. The summed E-state index contributed by atoms with van der Waals surface area (Å²) < 4.78 is 38.8. The lowest BCUT2D eigenvalue weighted by atomic mass is 10.1. The summed E-state index contributed by atoms with van der Waals surface area (Å²) in [6, 6.07) is 11.6. The van der Waals surface area contributed by atoms with Crippen LogP contribution in [0.4, 0.5) is 0 Å². The first kappa shape index (κ1) is 21.6. The molecule has 0 radical (unpaired) electrons. The van der Waals surface area contributed by atoms with Crippen LogP contribution in [-0.2, 0) is 10.0 Å². The average Bonchev–Trinajstić information content (AvgIpc) is 3.09. The van der Waals surface area contributed by atoms with E-state index in [1.807, 2.05) is 25.1 Å². The molecule has 1 fully saturated rings. The van der Waals surface area contributed by atoms with Crippen LogP contribution in [0.1, 0.15) is 54.6 Å². The Hall–Kier alpha value is -2.58. The average molecular weight is 445 g/mol. The maximum absolute atomic E-state index is 13.1. The summed E-state index contributed by atoms with van der Waals surface area (Å²) in [4.78, 5) is 13.0. The molecule has 0 saturated carbocycles. The predicted molar refractivity (Wildman–Crippen MR) is 117 cm³/mol. The third kappa shape index (κ3) is 4.85. The van der Waals surface area contributed by atoms with E-state index >= 15 is 0 Å². The second-order valence-electron chi connectivity index (χ2n) is 7.94. The summed E-state index contributed by atoms with van der Waals surface area (Å²) in [5.74, 6) is 1.03. The Kier molecular flexibility index (Phi) is 6.48. The zero-order valence-corrected chi connectivity index (χ0v) is 18.5. The van der Waals surface area contributed by atoms with Gasteiger partial charge < -0.3 is 14.8 Å². The Morgan fingerprint density at radius 3 is 2.42 bits per heavy atom. The Morgan fingerprint density at radius 1 is 0.968 bits per heavy atom. The molecule has 2 aromatic carbocycles. The highest BCUT2D eigenvalue weighted by Gasteiger charge is 2.26. The van der Waals surface area contributed by atoms with Crippen molar-refractivity contribution in [3.63, 3.8) is 0 Å². The molecule has 4 rings (SSSR count). The number of benzene rings is 2. The van der Waals surface area contributed by atoms with E-state index in [2.05, 4.69) is 5.32 Å². The quantitative estimate of drug-likeness (QED) is 0.763. The number of nitrogens with one attached hydrogen (secondary N) is 1. The molecule has 2 aliphatic heterocycles. The molecule has 0 aromatic heterocycles.